The normalized spacial score (nSPS) is 14.8. The number of alkyl halides is 3. The summed E-state index contributed by atoms with van der Waals surface area (Å²) in [5.74, 6) is -1.49. The molecule has 0 unspecified atom stereocenters. The van der Waals surface area contributed by atoms with Gasteiger partial charge >= 0.3 is 18.1 Å². The third-order valence-corrected chi connectivity index (χ3v) is 4.48. The van der Waals surface area contributed by atoms with Gasteiger partial charge in [-0.2, -0.15) is 18.2 Å². The van der Waals surface area contributed by atoms with Crippen molar-refractivity contribution < 1.29 is 22.5 Å². The summed E-state index contributed by atoms with van der Waals surface area (Å²) in [5, 5.41) is 3.37. The maximum Gasteiger partial charge on any atom is 0.471 e. The number of aromatic nitrogens is 2. The first-order valence-corrected chi connectivity index (χ1v) is 8.81. The van der Waals surface area contributed by atoms with Gasteiger partial charge < -0.3 is 14.3 Å². The first-order chi connectivity index (χ1) is 12.8. The van der Waals surface area contributed by atoms with E-state index in [4.69, 9.17) is 0 Å². The molecule has 2 heterocycles. The van der Waals surface area contributed by atoms with E-state index < -0.39 is 12.1 Å². The van der Waals surface area contributed by atoms with E-state index in [1.54, 1.807) is 29.2 Å². The lowest BCUT2D eigenvalue weighted by molar-refractivity contribution is -0.159. The van der Waals surface area contributed by atoms with Crippen LogP contribution < -0.4 is 0 Å². The Bertz CT molecular complexity index is 781. The van der Waals surface area contributed by atoms with Gasteiger partial charge in [0.25, 0.3) is 0 Å². The van der Waals surface area contributed by atoms with Gasteiger partial charge in [0.15, 0.2) is 0 Å². The molecule has 1 aliphatic heterocycles. The molecule has 1 aromatic carbocycles. The third-order valence-electron chi connectivity index (χ3n) is 4.48. The Kier molecular flexibility index (Phi) is 5.38. The first-order valence-electron chi connectivity index (χ1n) is 8.81. The van der Waals surface area contributed by atoms with E-state index in [9.17, 15) is 18.0 Å². The molecular weight excluding hydrogens is 361 g/mol. The minimum absolute atomic E-state index is 0.0135. The van der Waals surface area contributed by atoms with Crippen LogP contribution in [0.1, 0.15) is 38.1 Å². The number of halogens is 3. The number of carbonyl (C=O) groups is 1. The second kappa shape index (κ2) is 7.58. The van der Waals surface area contributed by atoms with E-state index in [1.165, 1.54) is 0 Å². The van der Waals surface area contributed by atoms with Crippen molar-refractivity contribution in [1.82, 2.24) is 19.9 Å². The lowest BCUT2D eigenvalue weighted by atomic mass is 10.1. The van der Waals surface area contributed by atoms with E-state index in [0.717, 1.165) is 31.5 Å². The molecule has 27 heavy (non-hydrogen) atoms. The topological polar surface area (TPSA) is 62.5 Å². The van der Waals surface area contributed by atoms with Crippen LogP contribution >= 0.6 is 0 Å². The Labute approximate surface area is 154 Å². The number of nitrogens with zero attached hydrogens (tertiary/aromatic N) is 4. The Morgan fingerprint density at radius 1 is 1.22 bits per heavy atom. The van der Waals surface area contributed by atoms with E-state index in [2.05, 4.69) is 14.7 Å². The van der Waals surface area contributed by atoms with Gasteiger partial charge in [-0.05, 0) is 32.3 Å². The van der Waals surface area contributed by atoms with Crippen LogP contribution in [0, 0.1) is 0 Å². The van der Waals surface area contributed by atoms with Crippen LogP contribution in [-0.4, -0.2) is 45.1 Å². The fraction of sp³-hybridized carbons (Fsp3) is 0.500. The average Bonchev–Trinajstić information content (AvgIpc) is 3.30. The molecule has 0 N–H and O–H groups in total. The van der Waals surface area contributed by atoms with Gasteiger partial charge in [0.05, 0.1) is 0 Å². The molecule has 0 aliphatic carbocycles. The molecule has 1 aromatic heterocycles. The van der Waals surface area contributed by atoms with Crippen molar-refractivity contribution in [1.29, 1.82) is 0 Å². The Morgan fingerprint density at radius 2 is 1.85 bits per heavy atom. The van der Waals surface area contributed by atoms with Crippen LogP contribution in [0.25, 0.3) is 11.4 Å². The molecule has 0 spiro atoms. The molecule has 2 amide bonds. The maximum atomic E-state index is 12.7. The SMILES string of the molecule is CC(C)N(Cc1ccc(-c2noc(C(F)(F)F)n2)cc1)C(=O)N1CCCC1. The predicted octanol–water partition coefficient (Wildman–Crippen LogP) is 4.18. The fourth-order valence-corrected chi connectivity index (χ4v) is 2.97. The second-order valence-electron chi connectivity index (χ2n) is 6.82. The van der Waals surface area contributed by atoms with Gasteiger partial charge in [-0.1, -0.05) is 29.4 Å². The van der Waals surface area contributed by atoms with Gasteiger partial charge in [-0.15, -0.1) is 0 Å². The zero-order valence-electron chi connectivity index (χ0n) is 15.2. The molecule has 1 saturated heterocycles. The number of benzene rings is 1. The molecule has 2 aromatic rings. The van der Waals surface area contributed by atoms with Crippen LogP contribution in [-0.2, 0) is 12.7 Å². The van der Waals surface area contributed by atoms with Gasteiger partial charge in [-0.25, -0.2) is 4.79 Å². The predicted molar refractivity (Wildman–Crippen MR) is 91.6 cm³/mol. The van der Waals surface area contributed by atoms with Crippen molar-refractivity contribution >= 4 is 6.03 Å². The zero-order chi connectivity index (χ0) is 19.6. The summed E-state index contributed by atoms with van der Waals surface area (Å²) >= 11 is 0. The Balaban J connectivity index is 1.72. The van der Waals surface area contributed by atoms with Crippen molar-refractivity contribution in [2.75, 3.05) is 13.1 Å². The number of rotatable bonds is 4. The largest absolute Gasteiger partial charge is 0.471 e. The van der Waals surface area contributed by atoms with Gasteiger partial charge in [-0.3, -0.25) is 0 Å². The summed E-state index contributed by atoms with van der Waals surface area (Å²) in [6.45, 7) is 5.90. The number of hydrogen-bond acceptors (Lipinski definition) is 4. The summed E-state index contributed by atoms with van der Waals surface area (Å²) in [6, 6.07) is 6.80. The number of carbonyl (C=O) groups excluding carboxylic acids is 1. The molecule has 0 atom stereocenters. The monoisotopic (exact) mass is 382 g/mol. The van der Waals surface area contributed by atoms with Gasteiger partial charge in [0.1, 0.15) is 0 Å². The number of hydrogen-bond donors (Lipinski definition) is 0. The Hall–Kier alpha value is -2.58. The molecular formula is C18H21F3N4O2. The molecule has 3 rings (SSSR count). The molecule has 0 radical (unpaired) electrons. The minimum atomic E-state index is -4.67. The standard InChI is InChI=1S/C18H21F3N4O2/c1-12(2)25(17(26)24-9-3-4-10-24)11-13-5-7-14(8-6-13)15-22-16(27-23-15)18(19,20)21/h5-8,12H,3-4,9-11H2,1-2H3. The van der Waals surface area contributed by atoms with Crippen molar-refractivity contribution in [3.05, 3.63) is 35.7 Å². The van der Waals surface area contributed by atoms with Crippen molar-refractivity contribution in [2.45, 2.75) is 45.5 Å². The van der Waals surface area contributed by atoms with Crippen molar-refractivity contribution in [2.24, 2.45) is 0 Å². The molecule has 0 saturated carbocycles. The first kappa shape index (κ1) is 19.2. The van der Waals surface area contributed by atoms with Crippen LogP contribution in [0.2, 0.25) is 0 Å². The van der Waals surface area contributed by atoms with Crippen LogP contribution in [0.3, 0.4) is 0 Å². The van der Waals surface area contributed by atoms with Crippen molar-refractivity contribution in [3.63, 3.8) is 0 Å². The van der Waals surface area contributed by atoms with E-state index in [0.29, 0.717) is 12.1 Å². The summed E-state index contributed by atoms with van der Waals surface area (Å²) in [4.78, 5) is 19.7. The smallest absolute Gasteiger partial charge is 0.329 e. The summed E-state index contributed by atoms with van der Waals surface area (Å²) in [5.41, 5.74) is 1.29. The zero-order valence-corrected chi connectivity index (χ0v) is 15.2. The van der Waals surface area contributed by atoms with Gasteiger partial charge in [0, 0.05) is 31.2 Å². The quantitative estimate of drug-likeness (QED) is 0.796. The van der Waals surface area contributed by atoms with E-state index >= 15 is 0 Å². The lowest BCUT2D eigenvalue weighted by Gasteiger charge is -2.31. The van der Waals surface area contributed by atoms with Crippen LogP contribution in [0.5, 0.6) is 0 Å². The van der Waals surface area contributed by atoms with Crippen molar-refractivity contribution in [3.8, 4) is 11.4 Å². The molecule has 9 heteroatoms. The fourth-order valence-electron chi connectivity index (χ4n) is 2.97. The average molecular weight is 382 g/mol. The van der Waals surface area contributed by atoms with E-state index in [-0.39, 0.29) is 17.9 Å². The molecule has 6 nitrogen and oxygen atoms in total. The lowest BCUT2D eigenvalue weighted by Crippen LogP contribution is -2.44. The molecule has 1 aliphatic rings. The Morgan fingerprint density at radius 3 is 2.37 bits per heavy atom. The molecule has 146 valence electrons. The highest BCUT2D eigenvalue weighted by molar-refractivity contribution is 5.75. The molecule has 1 fully saturated rings. The maximum absolute atomic E-state index is 12.7. The summed E-state index contributed by atoms with van der Waals surface area (Å²) < 4.78 is 42.0. The highest BCUT2D eigenvalue weighted by Gasteiger charge is 2.38. The molecule has 0 bridgehead atoms. The van der Waals surface area contributed by atoms with E-state index in [1.807, 2.05) is 18.7 Å². The third kappa shape index (κ3) is 4.40. The highest BCUT2D eigenvalue weighted by Crippen LogP contribution is 2.29. The number of urea groups is 1. The number of likely N-dealkylation sites (tertiary alicyclic amines) is 1. The second-order valence-corrected chi connectivity index (χ2v) is 6.82. The summed E-state index contributed by atoms with van der Waals surface area (Å²) in [7, 11) is 0. The summed E-state index contributed by atoms with van der Waals surface area (Å²) in [6.07, 6.45) is -2.62. The van der Waals surface area contributed by atoms with Crippen LogP contribution in [0.4, 0.5) is 18.0 Å². The number of amides is 2. The highest BCUT2D eigenvalue weighted by atomic mass is 19.4. The van der Waals surface area contributed by atoms with Gasteiger partial charge in [0.2, 0.25) is 5.82 Å². The van der Waals surface area contributed by atoms with Crippen LogP contribution in [0.15, 0.2) is 28.8 Å². The minimum Gasteiger partial charge on any atom is -0.329 e.